The number of pyridine rings is 2. The van der Waals surface area contributed by atoms with E-state index in [1.807, 2.05) is 18.2 Å². The molecule has 2 atom stereocenters. The van der Waals surface area contributed by atoms with Gasteiger partial charge in [0.25, 0.3) is 0 Å². The molecule has 1 aliphatic rings. The molecule has 0 saturated heterocycles. The van der Waals surface area contributed by atoms with Crippen molar-refractivity contribution in [3.05, 3.63) is 60.3 Å². The lowest BCUT2D eigenvalue weighted by Crippen LogP contribution is -2.36. The Labute approximate surface area is 218 Å². The normalized spacial score (nSPS) is 17.1. The van der Waals surface area contributed by atoms with Crippen LogP contribution in [0.3, 0.4) is 0 Å². The number of aromatic nitrogens is 5. The largest absolute Gasteiger partial charge is 0.481 e. The van der Waals surface area contributed by atoms with Crippen LogP contribution in [0.1, 0.15) is 37.1 Å². The van der Waals surface area contributed by atoms with Crippen molar-refractivity contribution < 1.29 is 19.2 Å². The Kier molecular flexibility index (Phi) is 7.07. The topological polar surface area (TPSA) is 156 Å². The fourth-order valence-electron chi connectivity index (χ4n) is 4.67. The van der Waals surface area contributed by atoms with Gasteiger partial charge in [-0.15, -0.1) is 0 Å². The van der Waals surface area contributed by atoms with Gasteiger partial charge in [0.2, 0.25) is 11.7 Å². The van der Waals surface area contributed by atoms with Crippen LogP contribution in [-0.4, -0.2) is 42.1 Å². The van der Waals surface area contributed by atoms with E-state index in [0.29, 0.717) is 64.3 Å². The summed E-state index contributed by atoms with van der Waals surface area (Å²) in [6.45, 7) is 3.57. The van der Waals surface area contributed by atoms with Gasteiger partial charge in [0, 0.05) is 6.20 Å². The molecule has 0 spiro atoms. The third-order valence-electron chi connectivity index (χ3n) is 6.67. The average molecular weight is 514 g/mol. The molecule has 5 rings (SSSR count). The molecular formula is C27H27N7O4. The van der Waals surface area contributed by atoms with Crippen LogP contribution >= 0.6 is 0 Å². The maximum atomic E-state index is 12.9. The zero-order chi connectivity index (χ0) is 26.6. The second-order valence-corrected chi connectivity index (χ2v) is 9.26. The highest BCUT2D eigenvalue weighted by atomic mass is 16.5. The van der Waals surface area contributed by atoms with Crippen LogP contribution in [0.2, 0.25) is 0 Å². The zero-order valence-electron chi connectivity index (χ0n) is 21.0. The number of aryl methyl sites for hydroxylation is 2. The molecule has 1 amide bonds. The maximum Gasteiger partial charge on any atom is 0.307 e. The van der Waals surface area contributed by atoms with Gasteiger partial charge in [-0.05, 0) is 51.0 Å². The van der Waals surface area contributed by atoms with Gasteiger partial charge in [-0.3, -0.25) is 19.6 Å². The summed E-state index contributed by atoms with van der Waals surface area (Å²) in [5, 5.41) is 19.7. The standard InChI is InChI=1S/C27H27N7O4/c1-15-19(32-26(35)17-7-3-4-8-18(17)27(36)37)10-11-21(30-15)25-24(16(2)34-38-25)33-23-14-28-13-22(31-23)20-9-5-6-12-29-20/h5-6,9-14,17-18H,3-4,7-8H2,1-2H3,(H,31,33)(H,32,35)(H,36,37). The van der Waals surface area contributed by atoms with Crippen molar-refractivity contribution in [3.8, 4) is 22.8 Å². The van der Waals surface area contributed by atoms with Crippen molar-refractivity contribution in [3.63, 3.8) is 0 Å². The Morgan fingerprint density at radius 1 is 0.947 bits per heavy atom. The van der Waals surface area contributed by atoms with E-state index in [2.05, 4.69) is 35.7 Å². The molecule has 0 bridgehead atoms. The highest BCUT2D eigenvalue weighted by Gasteiger charge is 2.36. The molecule has 0 aromatic carbocycles. The van der Waals surface area contributed by atoms with Gasteiger partial charge in [0.15, 0.2) is 0 Å². The molecule has 38 heavy (non-hydrogen) atoms. The quantitative estimate of drug-likeness (QED) is 0.314. The number of carbonyl (C=O) groups excluding carboxylic acids is 1. The molecule has 11 heteroatoms. The Bertz CT molecular complexity index is 1470. The van der Waals surface area contributed by atoms with E-state index in [1.54, 1.807) is 44.6 Å². The van der Waals surface area contributed by atoms with Crippen LogP contribution in [0.15, 0.2) is 53.4 Å². The van der Waals surface area contributed by atoms with Crippen molar-refractivity contribution in [1.29, 1.82) is 0 Å². The van der Waals surface area contributed by atoms with Gasteiger partial charge in [-0.2, -0.15) is 0 Å². The van der Waals surface area contributed by atoms with Crippen LogP contribution in [0.5, 0.6) is 0 Å². The van der Waals surface area contributed by atoms with Crippen LogP contribution in [-0.2, 0) is 9.59 Å². The number of nitrogens with zero attached hydrogens (tertiary/aromatic N) is 5. The first-order valence-corrected chi connectivity index (χ1v) is 12.4. The first-order valence-electron chi connectivity index (χ1n) is 12.4. The number of anilines is 3. The number of rotatable bonds is 7. The number of aliphatic carboxylic acids is 1. The first kappa shape index (κ1) is 25.0. The Morgan fingerprint density at radius 2 is 1.76 bits per heavy atom. The Balaban J connectivity index is 1.36. The van der Waals surface area contributed by atoms with E-state index < -0.39 is 17.8 Å². The van der Waals surface area contributed by atoms with E-state index in [1.165, 1.54) is 0 Å². The van der Waals surface area contributed by atoms with Gasteiger partial charge in [0.1, 0.15) is 28.6 Å². The lowest BCUT2D eigenvalue weighted by molar-refractivity contribution is -0.147. The van der Waals surface area contributed by atoms with Gasteiger partial charge in [-0.25, -0.2) is 9.97 Å². The van der Waals surface area contributed by atoms with Crippen molar-refractivity contribution in [2.75, 3.05) is 10.6 Å². The number of nitrogens with one attached hydrogen (secondary N) is 2. The van der Waals surface area contributed by atoms with E-state index in [0.717, 1.165) is 12.8 Å². The van der Waals surface area contributed by atoms with Crippen LogP contribution in [0.25, 0.3) is 22.8 Å². The summed E-state index contributed by atoms with van der Waals surface area (Å²) in [5.41, 5.74) is 4.11. The molecule has 3 N–H and O–H groups in total. The summed E-state index contributed by atoms with van der Waals surface area (Å²) in [6, 6.07) is 9.02. The summed E-state index contributed by atoms with van der Waals surface area (Å²) >= 11 is 0. The summed E-state index contributed by atoms with van der Waals surface area (Å²) in [7, 11) is 0. The fraction of sp³-hybridized carbons (Fsp3) is 0.296. The van der Waals surface area contributed by atoms with Crippen LogP contribution in [0.4, 0.5) is 17.2 Å². The molecule has 1 saturated carbocycles. The van der Waals surface area contributed by atoms with Crippen molar-refractivity contribution in [1.82, 2.24) is 25.1 Å². The molecule has 4 heterocycles. The molecule has 0 aliphatic heterocycles. The zero-order valence-corrected chi connectivity index (χ0v) is 21.0. The number of hydrogen-bond donors (Lipinski definition) is 3. The average Bonchev–Trinajstić information content (AvgIpc) is 3.30. The minimum atomic E-state index is -0.925. The lowest BCUT2D eigenvalue weighted by Gasteiger charge is -2.27. The molecular weight excluding hydrogens is 486 g/mol. The maximum absolute atomic E-state index is 12.9. The summed E-state index contributed by atoms with van der Waals surface area (Å²) in [4.78, 5) is 42.4. The van der Waals surface area contributed by atoms with E-state index in [4.69, 9.17) is 4.52 Å². The molecule has 4 aromatic heterocycles. The molecule has 11 nitrogen and oxygen atoms in total. The van der Waals surface area contributed by atoms with E-state index in [-0.39, 0.29) is 5.91 Å². The minimum Gasteiger partial charge on any atom is -0.481 e. The predicted molar refractivity (Wildman–Crippen MR) is 139 cm³/mol. The van der Waals surface area contributed by atoms with Crippen molar-refractivity contribution in [2.45, 2.75) is 39.5 Å². The van der Waals surface area contributed by atoms with Crippen LogP contribution in [0, 0.1) is 25.7 Å². The Morgan fingerprint density at radius 3 is 2.50 bits per heavy atom. The highest BCUT2D eigenvalue weighted by molar-refractivity contribution is 5.95. The third-order valence-corrected chi connectivity index (χ3v) is 6.67. The smallest absolute Gasteiger partial charge is 0.307 e. The second kappa shape index (κ2) is 10.8. The number of amides is 1. The van der Waals surface area contributed by atoms with Gasteiger partial charge in [0.05, 0.1) is 41.3 Å². The summed E-state index contributed by atoms with van der Waals surface area (Å²) in [6.07, 6.45) is 7.66. The second-order valence-electron chi connectivity index (χ2n) is 9.26. The van der Waals surface area contributed by atoms with E-state index in [9.17, 15) is 14.7 Å². The summed E-state index contributed by atoms with van der Waals surface area (Å²) < 4.78 is 5.59. The third kappa shape index (κ3) is 5.22. The van der Waals surface area contributed by atoms with Gasteiger partial charge >= 0.3 is 5.97 Å². The van der Waals surface area contributed by atoms with Crippen LogP contribution < -0.4 is 10.6 Å². The van der Waals surface area contributed by atoms with E-state index >= 15 is 0 Å². The minimum absolute atomic E-state index is 0.293. The molecule has 1 aliphatic carbocycles. The first-order chi connectivity index (χ1) is 18.4. The highest BCUT2D eigenvalue weighted by Crippen LogP contribution is 2.34. The molecule has 2 unspecified atom stereocenters. The van der Waals surface area contributed by atoms with Gasteiger partial charge in [-0.1, -0.05) is 24.1 Å². The number of hydrogen-bond acceptors (Lipinski definition) is 9. The van der Waals surface area contributed by atoms with Crippen molar-refractivity contribution >= 4 is 29.1 Å². The van der Waals surface area contributed by atoms with Gasteiger partial charge < -0.3 is 20.3 Å². The predicted octanol–water partition coefficient (Wildman–Crippen LogP) is 4.78. The molecule has 194 valence electrons. The summed E-state index contributed by atoms with van der Waals surface area (Å²) in [5.74, 6) is -1.55. The SMILES string of the molecule is Cc1nc(-c2onc(C)c2Nc2cncc(-c3ccccn3)n2)ccc1NC(=O)C1CCCCC1C(=O)O. The molecule has 0 radical (unpaired) electrons. The number of carboxylic acid groups (broad SMARTS) is 1. The molecule has 1 fully saturated rings. The molecule has 4 aromatic rings. The number of carbonyl (C=O) groups is 2. The number of carboxylic acids is 1. The Hall–Kier alpha value is -4.67. The lowest BCUT2D eigenvalue weighted by atomic mass is 9.78. The van der Waals surface area contributed by atoms with Crippen molar-refractivity contribution in [2.24, 2.45) is 11.8 Å². The fourth-order valence-corrected chi connectivity index (χ4v) is 4.67. The monoisotopic (exact) mass is 513 g/mol.